The van der Waals surface area contributed by atoms with Crippen LogP contribution >= 0.6 is 0 Å². The van der Waals surface area contributed by atoms with Gasteiger partial charge in [-0.15, -0.1) is 0 Å². The quantitative estimate of drug-likeness (QED) is 0.423. The van der Waals surface area contributed by atoms with Gasteiger partial charge in [0.15, 0.2) is 12.3 Å². The Morgan fingerprint density at radius 3 is 2.36 bits per heavy atom. The molecule has 2 aromatic carbocycles. The summed E-state index contributed by atoms with van der Waals surface area (Å²) in [5.74, 6) is -0.985. The Kier molecular flexibility index (Phi) is 6.60. The van der Waals surface area contributed by atoms with Gasteiger partial charge >= 0.3 is 12.0 Å². The number of nitrogens with zero attached hydrogens (tertiary/aromatic N) is 2. The van der Waals surface area contributed by atoms with Crippen LogP contribution in [0.2, 0.25) is 0 Å². The van der Waals surface area contributed by atoms with Crippen molar-refractivity contribution in [2.45, 2.75) is 6.54 Å². The van der Waals surface area contributed by atoms with Gasteiger partial charge in [-0.25, -0.2) is 14.3 Å². The Morgan fingerprint density at radius 2 is 1.67 bits per heavy atom. The number of esters is 1. The largest absolute Gasteiger partial charge is 0.467 e. The van der Waals surface area contributed by atoms with Crippen molar-refractivity contribution >= 4 is 17.9 Å². The number of hydrogen-bond donors (Lipinski definition) is 2. The molecule has 0 unspecified atom stereocenters. The monoisotopic (exact) mass is 444 g/mol. The van der Waals surface area contributed by atoms with Crippen molar-refractivity contribution in [2.24, 2.45) is 0 Å². The molecule has 0 aliphatic carbocycles. The first-order chi connectivity index (χ1) is 16.1. The zero-order valence-electron chi connectivity index (χ0n) is 17.4. The van der Waals surface area contributed by atoms with Gasteiger partial charge in [0.1, 0.15) is 5.76 Å². The second kappa shape index (κ2) is 10.1. The Balaban J connectivity index is 1.42. The number of benzene rings is 2. The fourth-order valence-electron chi connectivity index (χ4n) is 3.04. The maximum atomic E-state index is 12.8. The van der Waals surface area contributed by atoms with Crippen molar-refractivity contribution in [1.82, 2.24) is 20.4 Å². The number of furan rings is 1. The van der Waals surface area contributed by atoms with Crippen molar-refractivity contribution in [1.29, 1.82) is 0 Å². The lowest BCUT2D eigenvalue weighted by Gasteiger charge is -2.08. The Bertz CT molecular complexity index is 1230. The number of hydrogen-bond acceptors (Lipinski definition) is 6. The van der Waals surface area contributed by atoms with Gasteiger partial charge in [-0.1, -0.05) is 48.5 Å². The number of aromatic nitrogens is 2. The summed E-state index contributed by atoms with van der Waals surface area (Å²) in [5, 5.41) is 9.10. The molecule has 0 spiro atoms. The molecule has 0 saturated carbocycles. The van der Waals surface area contributed by atoms with E-state index >= 15 is 0 Å². The number of imide groups is 1. The number of urea groups is 1. The molecular weight excluding hydrogens is 424 g/mol. The lowest BCUT2D eigenvalue weighted by atomic mass is 10.1. The molecule has 2 heterocycles. The van der Waals surface area contributed by atoms with Crippen LogP contribution in [0.15, 0.2) is 89.5 Å². The molecule has 33 heavy (non-hydrogen) atoms. The summed E-state index contributed by atoms with van der Waals surface area (Å²) in [6.45, 7) is -0.516. The first kappa shape index (κ1) is 21.6. The number of carbonyl (C=O) groups is 3. The van der Waals surface area contributed by atoms with Crippen LogP contribution in [0.25, 0.3) is 16.9 Å². The Hall–Kier alpha value is -4.66. The first-order valence-corrected chi connectivity index (χ1v) is 10.1. The molecule has 4 aromatic rings. The van der Waals surface area contributed by atoms with Crippen LogP contribution in [0.3, 0.4) is 0 Å². The molecule has 0 saturated heterocycles. The maximum absolute atomic E-state index is 12.8. The van der Waals surface area contributed by atoms with E-state index < -0.39 is 24.5 Å². The molecule has 0 radical (unpaired) electrons. The van der Waals surface area contributed by atoms with Crippen molar-refractivity contribution in [3.8, 4) is 16.9 Å². The van der Waals surface area contributed by atoms with Gasteiger partial charge in [0.2, 0.25) is 0 Å². The summed E-state index contributed by atoms with van der Waals surface area (Å²) in [5.41, 5.74) is 2.21. The molecule has 9 nitrogen and oxygen atoms in total. The molecule has 2 N–H and O–H groups in total. The van der Waals surface area contributed by atoms with Crippen LogP contribution in [-0.2, 0) is 16.1 Å². The lowest BCUT2D eigenvalue weighted by molar-refractivity contribution is -0.123. The van der Waals surface area contributed by atoms with Crippen molar-refractivity contribution in [2.75, 3.05) is 6.61 Å². The molecule has 0 aliphatic rings. The second-order valence-electron chi connectivity index (χ2n) is 6.91. The first-order valence-electron chi connectivity index (χ1n) is 10.1. The summed E-state index contributed by atoms with van der Waals surface area (Å²) < 4.78 is 11.7. The third kappa shape index (κ3) is 5.53. The van der Waals surface area contributed by atoms with Crippen LogP contribution in [0.5, 0.6) is 0 Å². The van der Waals surface area contributed by atoms with E-state index in [1.54, 1.807) is 30.3 Å². The predicted octanol–water partition coefficient (Wildman–Crippen LogP) is 3.32. The van der Waals surface area contributed by atoms with E-state index in [9.17, 15) is 14.4 Å². The molecular formula is C24H20N4O5. The summed E-state index contributed by atoms with van der Waals surface area (Å²) in [6.07, 6.45) is 1.48. The van der Waals surface area contributed by atoms with Crippen LogP contribution in [0.4, 0.5) is 4.79 Å². The molecule has 9 heteroatoms. The second-order valence-corrected chi connectivity index (χ2v) is 6.91. The molecule has 166 valence electrons. The average Bonchev–Trinajstić information content (AvgIpc) is 3.53. The standard InChI is InChI=1S/C24H20N4O5/c29-22(26-24(31)25-15-19-12-7-13-32-19)16-33-23(30)21-14-20(17-8-3-1-4-9-17)27-28(21)18-10-5-2-6-11-18/h1-14H,15-16H2,(H2,25,26,29,31). The minimum Gasteiger partial charge on any atom is -0.467 e. The number of nitrogens with one attached hydrogen (secondary N) is 2. The Morgan fingerprint density at radius 1 is 0.939 bits per heavy atom. The summed E-state index contributed by atoms with van der Waals surface area (Å²) in [7, 11) is 0. The average molecular weight is 444 g/mol. The van der Waals surface area contributed by atoms with Gasteiger partial charge in [-0.3, -0.25) is 10.1 Å². The molecule has 0 aliphatic heterocycles. The van der Waals surface area contributed by atoms with Gasteiger partial charge in [0, 0.05) is 5.56 Å². The van der Waals surface area contributed by atoms with Crippen LogP contribution in [0, 0.1) is 0 Å². The van der Waals surface area contributed by atoms with Crippen LogP contribution < -0.4 is 10.6 Å². The van der Waals surface area contributed by atoms with Crippen molar-refractivity contribution < 1.29 is 23.5 Å². The molecule has 3 amide bonds. The fraction of sp³-hybridized carbons (Fsp3) is 0.0833. The van der Waals surface area contributed by atoms with E-state index in [0.29, 0.717) is 17.1 Å². The normalized spacial score (nSPS) is 10.4. The molecule has 4 rings (SSSR count). The fourth-order valence-corrected chi connectivity index (χ4v) is 3.04. The highest BCUT2D eigenvalue weighted by atomic mass is 16.5. The van der Waals surface area contributed by atoms with Gasteiger partial charge in [-0.05, 0) is 30.3 Å². The van der Waals surface area contributed by atoms with Gasteiger partial charge < -0.3 is 14.5 Å². The van der Waals surface area contributed by atoms with Crippen LogP contribution in [0.1, 0.15) is 16.2 Å². The minimum absolute atomic E-state index is 0.116. The molecule has 0 bridgehead atoms. The maximum Gasteiger partial charge on any atom is 0.357 e. The van der Waals surface area contributed by atoms with E-state index in [1.165, 1.54) is 10.9 Å². The highest BCUT2D eigenvalue weighted by molar-refractivity contribution is 5.97. The van der Waals surface area contributed by atoms with E-state index in [4.69, 9.17) is 9.15 Å². The minimum atomic E-state index is -0.769. The van der Waals surface area contributed by atoms with E-state index in [0.717, 1.165) is 5.56 Å². The van der Waals surface area contributed by atoms with Crippen LogP contribution in [-0.4, -0.2) is 34.3 Å². The zero-order chi connectivity index (χ0) is 23.0. The van der Waals surface area contributed by atoms with Crippen molar-refractivity contribution in [3.05, 3.63) is 96.6 Å². The van der Waals surface area contributed by atoms with Gasteiger partial charge in [0.25, 0.3) is 5.91 Å². The summed E-state index contributed by atoms with van der Waals surface area (Å²) in [4.78, 5) is 36.6. The number of carbonyl (C=O) groups excluding carboxylic acids is 3. The van der Waals surface area contributed by atoms with E-state index in [2.05, 4.69) is 15.7 Å². The Labute approximate surface area is 189 Å². The van der Waals surface area contributed by atoms with E-state index in [-0.39, 0.29) is 12.2 Å². The smallest absolute Gasteiger partial charge is 0.357 e. The van der Waals surface area contributed by atoms with Crippen molar-refractivity contribution in [3.63, 3.8) is 0 Å². The lowest BCUT2D eigenvalue weighted by Crippen LogP contribution is -2.41. The predicted molar refractivity (Wildman–Crippen MR) is 118 cm³/mol. The highest BCUT2D eigenvalue weighted by Gasteiger charge is 2.20. The summed E-state index contributed by atoms with van der Waals surface area (Å²) in [6, 6.07) is 22.7. The zero-order valence-corrected chi connectivity index (χ0v) is 17.4. The third-order valence-electron chi connectivity index (χ3n) is 4.58. The summed E-state index contributed by atoms with van der Waals surface area (Å²) >= 11 is 0. The number of ether oxygens (including phenoxy) is 1. The molecule has 2 aromatic heterocycles. The molecule has 0 atom stereocenters. The topological polar surface area (TPSA) is 115 Å². The number of rotatable bonds is 7. The number of para-hydroxylation sites is 1. The van der Waals surface area contributed by atoms with E-state index in [1.807, 2.05) is 48.5 Å². The third-order valence-corrected chi connectivity index (χ3v) is 4.58. The van der Waals surface area contributed by atoms with Gasteiger partial charge in [-0.2, -0.15) is 5.10 Å². The molecule has 0 fully saturated rings. The van der Waals surface area contributed by atoms with Gasteiger partial charge in [0.05, 0.1) is 24.2 Å². The number of amides is 3. The highest BCUT2D eigenvalue weighted by Crippen LogP contribution is 2.22. The SMILES string of the molecule is O=C(COC(=O)c1cc(-c2ccccc2)nn1-c1ccccc1)NC(=O)NCc1ccco1.